The fraction of sp³-hybridized carbons (Fsp3) is 0.643. The molecule has 1 atom stereocenters. The summed E-state index contributed by atoms with van der Waals surface area (Å²) in [7, 11) is 0. The Hall–Kier alpha value is -1.17. The molecule has 2 heterocycles. The zero-order chi connectivity index (χ0) is 13.7. The number of hydrogen-bond acceptors (Lipinski definition) is 5. The summed E-state index contributed by atoms with van der Waals surface area (Å²) >= 11 is 0. The fourth-order valence-electron chi connectivity index (χ4n) is 2.35. The number of aliphatic hydroxyl groups is 1. The second-order valence-electron chi connectivity index (χ2n) is 5.05. The smallest absolute Gasteiger partial charge is 0.141 e. The van der Waals surface area contributed by atoms with Gasteiger partial charge in [0.05, 0.1) is 12.3 Å². The van der Waals surface area contributed by atoms with Crippen LogP contribution < -0.4 is 5.32 Å². The van der Waals surface area contributed by atoms with Gasteiger partial charge < -0.3 is 20.3 Å². The molecule has 0 bridgehead atoms. The van der Waals surface area contributed by atoms with E-state index >= 15 is 0 Å². The first-order valence-corrected chi connectivity index (χ1v) is 6.78. The SMILES string of the molecule is Cc1ncc(CO)c(CNCCC2CCOC2)c1O. The van der Waals surface area contributed by atoms with Crippen molar-refractivity contribution in [3.63, 3.8) is 0 Å². The number of hydrogen-bond donors (Lipinski definition) is 3. The van der Waals surface area contributed by atoms with Crippen LogP contribution in [0.3, 0.4) is 0 Å². The lowest BCUT2D eigenvalue weighted by molar-refractivity contribution is 0.184. The molecule has 0 spiro atoms. The molecule has 1 aromatic heterocycles. The van der Waals surface area contributed by atoms with E-state index in [1.54, 1.807) is 13.1 Å². The number of ether oxygens (including phenoxy) is 1. The minimum Gasteiger partial charge on any atom is -0.506 e. The lowest BCUT2D eigenvalue weighted by Crippen LogP contribution is -2.19. The average molecular weight is 266 g/mol. The van der Waals surface area contributed by atoms with E-state index in [0.29, 0.717) is 23.7 Å². The summed E-state index contributed by atoms with van der Waals surface area (Å²) < 4.78 is 5.33. The molecule has 5 nitrogen and oxygen atoms in total. The van der Waals surface area contributed by atoms with Gasteiger partial charge in [-0.25, -0.2) is 0 Å². The van der Waals surface area contributed by atoms with Gasteiger partial charge in [-0.2, -0.15) is 0 Å². The first kappa shape index (κ1) is 14.2. The van der Waals surface area contributed by atoms with Crippen LogP contribution in [-0.4, -0.2) is 35.0 Å². The van der Waals surface area contributed by atoms with Gasteiger partial charge in [-0.1, -0.05) is 0 Å². The number of aliphatic hydroxyl groups excluding tert-OH is 1. The lowest BCUT2D eigenvalue weighted by Gasteiger charge is -2.13. The van der Waals surface area contributed by atoms with Gasteiger partial charge in [0.2, 0.25) is 0 Å². The quantitative estimate of drug-likeness (QED) is 0.672. The molecule has 0 aromatic carbocycles. The minimum atomic E-state index is -0.103. The van der Waals surface area contributed by atoms with Crippen molar-refractivity contribution >= 4 is 0 Å². The van der Waals surface area contributed by atoms with Crippen molar-refractivity contribution in [2.24, 2.45) is 5.92 Å². The monoisotopic (exact) mass is 266 g/mol. The summed E-state index contributed by atoms with van der Waals surface area (Å²) in [6.07, 6.45) is 3.85. The Labute approximate surface area is 113 Å². The third kappa shape index (κ3) is 3.65. The fourth-order valence-corrected chi connectivity index (χ4v) is 2.35. The molecule has 1 fully saturated rings. The highest BCUT2D eigenvalue weighted by Gasteiger charge is 2.15. The van der Waals surface area contributed by atoms with E-state index in [2.05, 4.69) is 10.3 Å². The van der Waals surface area contributed by atoms with Crippen molar-refractivity contribution in [2.45, 2.75) is 32.9 Å². The van der Waals surface area contributed by atoms with E-state index in [-0.39, 0.29) is 12.4 Å². The molecule has 2 rings (SSSR count). The number of nitrogens with one attached hydrogen (secondary N) is 1. The van der Waals surface area contributed by atoms with Gasteiger partial charge in [0.1, 0.15) is 5.75 Å². The first-order chi connectivity index (χ1) is 9.22. The summed E-state index contributed by atoms with van der Waals surface area (Å²) in [5.41, 5.74) is 2.02. The van der Waals surface area contributed by atoms with Crippen LogP contribution in [-0.2, 0) is 17.9 Å². The van der Waals surface area contributed by atoms with Crippen LogP contribution in [0.5, 0.6) is 5.75 Å². The lowest BCUT2D eigenvalue weighted by atomic mass is 10.0. The Morgan fingerprint density at radius 2 is 2.37 bits per heavy atom. The summed E-state index contributed by atoms with van der Waals surface area (Å²) in [4.78, 5) is 4.05. The molecule has 1 aromatic rings. The summed E-state index contributed by atoms with van der Waals surface area (Å²) in [6.45, 7) is 4.84. The first-order valence-electron chi connectivity index (χ1n) is 6.78. The van der Waals surface area contributed by atoms with E-state index in [1.165, 1.54) is 0 Å². The van der Waals surface area contributed by atoms with Gasteiger partial charge in [-0.05, 0) is 32.2 Å². The molecule has 0 aliphatic carbocycles. The molecule has 1 aliphatic rings. The maximum absolute atomic E-state index is 9.99. The van der Waals surface area contributed by atoms with Gasteiger partial charge in [0.25, 0.3) is 0 Å². The molecular weight excluding hydrogens is 244 g/mol. The Morgan fingerprint density at radius 3 is 3.05 bits per heavy atom. The van der Waals surface area contributed by atoms with Crippen molar-refractivity contribution in [2.75, 3.05) is 19.8 Å². The highest BCUT2D eigenvalue weighted by molar-refractivity contribution is 5.40. The van der Waals surface area contributed by atoms with Crippen LogP contribution in [0.4, 0.5) is 0 Å². The number of rotatable bonds is 6. The van der Waals surface area contributed by atoms with Gasteiger partial charge >= 0.3 is 0 Å². The Morgan fingerprint density at radius 1 is 1.53 bits per heavy atom. The molecule has 0 radical (unpaired) electrons. The van der Waals surface area contributed by atoms with E-state index in [0.717, 1.165) is 38.2 Å². The van der Waals surface area contributed by atoms with Crippen LogP contribution in [0.15, 0.2) is 6.20 Å². The normalized spacial score (nSPS) is 18.9. The third-order valence-corrected chi connectivity index (χ3v) is 3.66. The van der Waals surface area contributed by atoms with E-state index in [9.17, 15) is 10.2 Å². The van der Waals surface area contributed by atoms with E-state index < -0.39 is 0 Å². The van der Waals surface area contributed by atoms with Crippen LogP contribution >= 0.6 is 0 Å². The maximum Gasteiger partial charge on any atom is 0.141 e. The standard InChI is InChI=1S/C14H22N2O3/c1-10-14(18)13(12(8-17)6-16-10)7-15-4-2-11-3-5-19-9-11/h6,11,15,17-18H,2-5,7-9H2,1H3. The van der Waals surface area contributed by atoms with Crippen molar-refractivity contribution in [1.29, 1.82) is 0 Å². The topological polar surface area (TPSA) is 74.6 Å². The molecule has 106 valence electrons. The predicted molar refractivity (Wildman–Crippen MR) is 71.8 cm³/mol. The Bertz CT molecular complexity index is 417. The third-order valence-electron chi connectivity index (χ3n) is 3.66. The molecule has 0 amide bonds. The van der Waals surface area contributed by atoms with Gasteiger partial charge in [-0.15, -0.1) is 0 Å². The van der Waals surface area contributed by atoms with E-state index in [1.807, 2.05) is 0 Å². The van der Waals surface area contributed by atoms with Crippen LogP contribution in [0.1, 0.15) is 29.7 Å². The highest BCUT2D eigenvalue weighted by atomic mass is 16.5. The molecule has 3 N–H and O–H groups in total. The number of aryl methyl sites for hydroxylation is 1. The second-order valence-corrected chi connectivity index (χ2v) is 5.05. The average Bonchev–Trinajstić information content (AvgIpc) is 2.92. The zero-order valence-corrected chi connectivity index (χ0v) is 11.4. The van der Waals surface area contributed by atoms with Gasteiger partial charge in [-0.3, -0.25) is 4.98 Å². The van der Waals surface area contributed by atoms with Crippen molar-refractivity contribution in [3.8, 4) is 5.75 Å². The molecular formula is C14H22N2O3. The minimum absolute atomic E-state index is 0.103. The predicted octanol–water partition coefficient (Wildman–Crippen LogP) is 1.10. The maximum atomic E-state index is 9.99. The molecule has 1 unspecified atom stereocenters. The van der Waals surface area contributed by atoms with E-state index in [4.69, 9.17) is 4.74 Å². The van der Waals surface area contributed by atoms with Crippen molar-refractivity contribution < 1.29 is 14.9 Å². The number of pyridine rings is 1. The molecule has 1 saturated heterocycles. The van der Waals surface area contributed by atoms with Gasteiger partial charge in [0.15, 0.2) is 0 Å². The summed E-state index contributed by atoms with van der Waals surface area (Å²) in [5, 5.41) is 22.6. The molecule has 19 heavy (non-hydrogen) atoms. The van der Waals surface area contributed by atoms with Crippen molar-refractivity contribution in [1.82, 2.24) is 10.3 Å². The number of aromatic nitrogens is 1. The Balaban J connectivity index is 1.86. The highest BCUT2D eigenvalue weighted by Crippen LogP contribution is 2.23. The molecule has 5 heteroatoms. The van der Waals surface area contributed by atoms with Crippen molar-refractivity contribution in [3.05, 3.63) is 23.0 Å². The summed E-state index contributed by atoms with van der Waals surface area (Å²) in [5.74, 6) is 0.834. The second kappa shape index (κ2) is 6.84. The summed E-state index contributed by atoms with van der Waals surface area (Å²) in [6, 6.07) is 0. The largest absolute Gasteiger partial charge is 0.506 e. The molecule has 0 saturated carbocycles. The Kier molecular flexibility index (Phi) is 5.13. The molecule has 1 aliphatic heterocycles. The van der Waals surface area contributed by atoms with Crippen LogP contribution in [0.2, 0.25) is 0 Å². The zero-order valence-electron chi connectivity index (χ0n) is 11.4. The number of nitrogens with zero attached hydrogens (tertiary/aromatic N) is 1. The van der Waals surface area contributed by atoms with Crippen LogP contribution in [0, 0.1) is 12.8 Å². The van der Waals surface area contributed by atoms with Crippen LogP contribution in [0.25, 0.3) is 0 Å². The van der Waals surface area contributed by atoms with Gasteiger partial charge in [0, 0.05) is 37.1 Å². The number of aromatic hydroxyl groups is 1.